The molecule has 0 heterocycles. The molecule has 0 spiro atoms. The second kappa shape index (κ2) is 15.3. The zero-order chi connectivity index (χ0) is 14.2. The third kappa shape index (κ3) is 15.2. The van der Waals surface area contributed by atoms with Gasteiger partial charge in [-0.15, -0.1) is 0 Å². The fourth-order valence-electron chi connectivity index (χ4n) is 2.15. The molecule has 0 saturated heterocycles. The molecule has 0 rings (SSSR count). The van der Waals surface area contributed by atoms with Crippen LogP contribution in [0.1, 0.15) is 77.6 Å². The molecule has 1 amide bonds. The highest BCUT2D eigenvalue weighted by Gasteiger charge is 1.92. The third-order valence-corrected chi connectivity index (χ3v) is 3.46. The number of hydrogen-bond donors (Lipinski definition) is 0. The van der Waals surface area contributed by atoms with E-state index < -0.39 is 0 Å². The Labute approximate surface area is 120 Å². The molecule has 2 nitrogen and oxygen atoms in total. The van der Waals surface area contributed by atoms with Crippen molar-refractivity contribution < 1.29 is 4.79 Å². The molecule has 0 saturated carbocycles. The van der Waals surface area contributed by atoms with Gasteiger partial charge in [0, 0.05) is 13.6 Å². The van der Waals surface area contributed by atoms with Crippen LogP contribution in [0.2, 0.25) is 0 Å². The number of rotatable bonds is 14. The summed E-state index contributed by atoms with van der Waals surface area (Å²) in [4.78, 5) is 12.0. The molecule has 0 aliphatic carbocycles. The van der Waals surface area contributed by atoms with Crippen LogP contribution < -0.4 is 0 Å². The Kier molecular flexibility index (Phi) is 14.6. The number of likely N-dealkylation sites (N-methyl/N-ethyl adjacent to an activating group) is 1. The van der Waals surface area contributed by atoms with E-state index >= 15 is 0 Å². The van der Waals surface area contributed by atoms with Gasteiger partial charge in [-0.25, -0.2) is 0 Å². The van der Waals surface area contributed by atoms with Gasteiger partial charge in [-0.2, -0.15) is 0 Å². The summed E-state index contributed by atoms with van der Waals surface area (Å²) in [5, 5.41) is 0. The zero-order valence-electron chi connectivity index (χ0n) is 13.1. The van der Waals surface area contributed by atoms with Crippen LogP contribution in [-0.2, 0) is 4.79 Å². The SMILES string of the molecule is CCCCCCCCCCCCC=CCN(C)C=O. The van der Waals surface area contributed by atoms with Gasteiger partial charge in [0.2, 0.25) is 6.41 Å². The Bertz CT molecular complexity index is 213. The minimum absolute atomic E-state index is 0.737. The van der Waals surface area contributed by atoms with Crippen LogP contribution in [0.5, 0.6) is 0 Å². The summed E-state index contributed by atoms with van der Waals surface area (Å²) in [5.41, 5.74) is 0. The van der Waals surface area contributed by atoms with Crippen LogP contribution in [0.25, 0.3) is 0 Å². The number of carbonyl (C=O) groups is 1. The molecule has 0 aliphatic heterocycles. The van der Waals surface area contributed by atoms with Gasteiger partial charge in [0.05, 0.1) is 0 Å². The van der Waals surface area contributed by atoms with Crippen molar-refractivity contribution >= 4 is 6.41 Å². The highest BCUT2D eigenvalue weighted by atomic mass is 16.1. The van der Waals surface area contributed by atoms with E-state index in [9.17, 15) is 4.79 Å². The summed E-state index contributed by atoms with van der Waals surface area (Å²) < 4.78 is 0. The van der Waals surface area contributed by atoms with Crippen LogP contribution in [-0.4, -0.2) is 24.9 Å². The maximum Gasteiger partial charge on any atom is 0.209 e. The van der Waals surface area contributed by atoms with Crippen molar-refractivity contribution in [1.82, 2.24) is 4.90 Å². The number of hydrogen-bond acceptors (Lipinski definition) is 1. The lowest BCUT2D eigenvalue weighted by Crippen LogP contribution is -2.14. The van der Waals surface area contributed by atoms with Crippen LogP contribution in [0, 0.1) is 0 Å². The topological polar surface area (TPSA) is 20.3 Å². The summed E-state index contributed by atoms with van der Waals surface area (Å²) in [6, 6.07) is 0. The fraction of sp³-hybridized carbons (Fsp3) is 0.824. The lowest BCUT2D eigenvalue weighted by Gasteiger charge is -2.05. The van der Waals surface area contributed by atoms with Gasteiger partial charge in [0.25, 0.3) is 0 Å². The average molecular weight is 267 g/mol. The summed E-state index contributed by atoms with van der Waals surface area (Å²) >= 11 is 0. The maximum atomic E-state index is 10.3. The van der Waals surface area contributed by atoms with E-state index in [1.807, 2.05) is 0 Å². The molecule has 0 bridgehead atoms. The first-order valence-corrected chi connectivity index (χ1v) is 8.11. The Morgan fingerprint density at radius 3 is 1.84 bits per heavy atom. The fourth-order valence-corrected chi connectivity index (χ4v) is 2.15. The van der Waals surface area contributed by atoms with E-state index in [0.29, 0.717) is 0 Å². The maximum absolute atomic E-state index is 10.3. The van der Waals surface area contributed by atoms with Crippen molar-refractivity contribution in [3.05, 3.63) is 12.2 Å². The van der Waals surface area contributed by atoms with Crippen molar-refractivity contribution in [2.45, 2.75) is 77.6 Å². The van der Waals surface area contributed by atoms with Crippen LogP contribution in [0.15, 0.2) is 12.2 Å². The zero-order valence-corrected chi connectivity index (χ0v) is 13.1. The number of nitrogens with zero attached hydrogens (tertiary/aromatic N) is 1. The van der Waals surface area contributed by atoms with E-state index in [1.165, 1.54) is 64.2 Å². The second-order valence-corrected chi connectivity index (χ2v) is 5.49. The van der Waals surface area contributed by atoms with Crippen molar-refractivity contribution in [3.63, 3.8) is 0 Å². The van der Waals surface area contributed by atoms with Gasteiger partial charge in [-0.1, -0.05) is 76.9 Å². The molecule has 0 fully saturated rings. The predicted molar refractivity (Wildman–Crippen MR) is 84.3 cm³/mol. The largest absolute Gasteiger partial charge is 0.345 e. The number of carbonyl (C=O) groups excluding carboxylic acids is 1. The molecule has 0 aliphatic rings. The van der Waals surface area contributed by atoms with E-state index in [4.69, 9.17) is 0 Å². The summed E-state index contributed by atoms with van der Waals surface area (Å²) in [5.74, 6) is 0. The van der Waals surface area contributed by atoms with E-state index in [0.717, 1.165) is 19.4 Å². The monoisotopic (exact) mass is 267 g/mol. The third-order valence-electron chi connectivity index (χ3n) is 3.46. The molecule has 0 atom stereocenters. The lowest BCUT2D eigenvalue weighted by molar-refractivity contribution is -0.116. The Morgan fingerprint density at radius 1 is 0.789 bits per heavy atom. The summed E-state index contributed by atoms with van der Waals surface area (Å²) in [6.45, 7) is 3.01. The van der Waals surface area contributed by atoms with Gasteiger partial charge in [0.1, 0.15) is 0 Å². The number of allylic oxidation sites excluding steroid dienone is 1. The summed E-state index contributed by atoms with van der Waals surface area (Å²) in [6.07, 6.45) is 20.2. The second-order valence-electron chi connectivity index (χ2n) is 5.49. The quantitative estimate of drug-likeness (QED) is 0.248. The molecule has 2 heteroatoms. The van der Waals surface area contributed by atoms with Crippen molar-refractivity contribution in [3.8, 4) is 0 Å². The molecule has 112 valence electrons. The highest BCUT2D eigenvalue weighted by Crippen LogP contribution is 2.11. The van der Waals surface area contributed by atoms with Crippen molar-refractivity contribution in [1.29, 1.82) is 0 Å². The molecule has 0 aromatic rings. The lowest BCUT2D eigenvalue weighted by atomic mass is 10.1. The number of unbranched alkanes of at least 4 members (excludes halogenated alkanes) is 10. The molecular weight excluding hydrogens is 234 g/mol. The normalized spacial score (nSPS) is 11.1. The van der Waals surface area contributed by atoms with Crippen molar-refractivity contribution in [2.24, 2.45) is 0 Å². The highest BCUT2D eigenvalue weighted by molar-refractivity contribution is 5.46. The minimum Gasteiger partial charge on any atom is -0.345 e. The molecule has 19 heavy (non-hydrogen) atoms. The standard InChI is InChI=1S/C17H33NO/c1-3-4-5-6-7-8-9-10-11-12-13-14-15-16-18(2)17-19/h14-15,17H,3-13,16H2,1-2H3. The van der Waals surface area contributed by atoms with E-state index in [1.54, 1.807) is 11.9 Å². The predicted octanol–water partition coefficient (Wildman–Crippen LogP) is 4.94. The number of amides is 1. The van der Waals surface area contributed by atoms with Gasteiger partial charge in [-0.3, -0.25) is 4.79 Å². The Morgan fingerprint density at radius 2 is 1.32 bits per heavy atom. The van der Waals surface area contributed by atoms with Gasteiger partial charge in [0.15, 0.2) is 0 Å². The Hall–Kier alpha value is -0.790. The Balaban J connectivity index is 3.08. The summed E-state index contributed by atoms with van der Waals surface area (Å²) in [7, 11) is 1.80. The average Bonchev–Trinajstić information content (AvgIpc) is 2.43. The molecule has 0 N–H and O–H groups in total. The van der Waals surface area contributed by atoms with Gasteiger partial charge < -0.3 is 4.90 Å². The first-order chi connectivity index (χ1) is 9.31. The first-order valence-electron chi connectivity index (χ1n) is 8.11. The smallest absolute Gasteiger partial charge is 0.209 e. The minimum atomic E-state index is 0.737. The van der Waals surface area contributed by atoms with Crippen LogP contribution in [0.3, 0.4) is 0 Å². The van der Waals surface area contributed by atoms with Crippen molar-refractivity contribution in [2.75, 3.05) is 13.6 Å². The van der Waals surface area contributed by atoms with E-state index in [-0.39, 0.29) is 0 Å². The molecule has 0 radical (unpaired) electrons. The van der Waals surface area contributed by atoms with Gasteiger partial charge in [-0.05, 0) is 12.8 Å². The molecular formula is C17H33NO. The molecule has 0 aromatic carbocycles. The first kappa shape index (κ1) is 18.2. The van der Waals surface area contributed by atoms with Crippen LogP contribution in [0.4, 0.5) is 0 Å². The molecule has 0 aromatic heterocycles. The van der Waals surface area contributed by atoms with Gasteiger partial charge >= 0.3 is 0 Å². The van der Waals surface area contributed by atoms with E-state index in [2.05, 4.69) is 19.1 Å². The molecule has 0 unspecified atom stereocenters. The van der Waals surface area contributed by atoms with Crippen LogP contribution >= 0.6 is 0 Å².